The number of hydrogen-bond acceptors (Lipinski definition) is 5. The highest BCUT2D eigenvalue weighted by Crippen LogP contribution is 2.50. The normalized spacial score (nSPS) is 25.1. The molecule has 1 unspecified atom stereocenters. The molecule has 2 aromatic carbocycles. The molecule has 6 heteroatoms. The van der Waals surface area contributed by atoms with Crippen LogP contribution in [0.25, 0.3) is 10.9 Å². The number of aliphatic imine (C=N–C) groups is 1. The minimum absolute atomic E-state index is 0.156. The highest BCUT2D eigenvalue weighted by atomic mass is 16.5. The Kier molecular flexibility index (Phi) is 4.93. The third kappa shape index (κ3) is 3.38. The fourth-order valence-electron chi connectivity index (χ4n) is 7.64. The van der Waals surface area contributed by atoms with Crippen LogP contribution in [0.3, 0.4) is 0 Å². The van der Waals surface area contributed by atoms with Crippen molar-refractivity contribution in [2.75, 3.05) is 44.3 Å². The summed E-state index contributed by atoms with van der Waals surface area (Å²) in [4.78, 5) is 27.4. The number of anilines is 1. The molecule has 4 aliphatic heterocycles. The van der Waals surface area contributed by atoms with Crippen LogP contribution in [-0.4, -0.2) is 67.3 Å². The summed E-state index contributed by atoms with van der Waals surface area (Å²) in [7, 11) is 0. The molecular weight excluding hydrogens is 460 g/mol. The first kappa shape index (κ1) is 22.1. The lowest BCUT2D eigenvalue weighted by atomic mass is 9.64. The molecule has 1 aromatic heterocycles. The summed E-state index contributed by atoms with van der Waals surface area (Å²) in [5.41, 5.74) is 7.34. The molecule has 37 heavy (non-hydrogen) atoms. The van der Waals surface area contributed by atoms with Crippen LogP contribution in [-0.2, 0) is 10.2 Å². The number of ether oxygens (including phenoxy) is 1. The highest BCUT2D eigenvalue weighted by Gasteiger charge is 2.47. The van der Waals surface area contributed by atoms with E-state index in [1.165, 1.54) is 55.6 Å². The lowest BCUT2D eigenvalue weighted by Crippen LogP contribution is -2.44. The number of fused-ring (bicyclic) bond motifs is 6. The van der Waals surface area contributed by atoms with Gasteiger partial charge in [0.2, 0.25) is 0 Å². The molecule has 0 amide bonds. The van der Waals surface area contributed by atoms with E-state index in [-0.39, 0.29) is 17.2 Å². The third-order valence-corrected chi connectivity index (χ3v) is 9.76. The fraction of sp³-hybridized carbons (Fsp3) is 0.484. The average Bonchev–Trinajstić information content (AvgIpc) is 3.50. The zero-order chi connectivity index (χ0) is 24.6. The molecule has 0 saturated carbocycles. The summed E-state index contributed by atoms with van der Waals surface area (Å²) < 4.78 is 5.86. The van der Waals surface area contributed by atoms with Gasteiger partial charge < -0.3 is 19.5 Å². The zero-order valence-electron chi connectivity index (χ0n) is 21.3. The standard InChI is InChI=1S/C31H34N4O2/c36-29-23-6-4-22(35-13-7-21(8-14-35)34-11-1-2-12-34)18-25(23)31(9-15-37-16-10-31)30-28(29)24-5-3-20(27-19-32-27)17-26(24)33-30/h3-6,17-19,21,27,33H,1-2,7-16H2. The number of H-pyrrole nitrogens is 1. The Hall–Kier alpha value is -2.96. The van der Waals surface area contributed by atoms with Gasteiger partial charge in [-0.05, 0) is 87.0 Å². The summed E-state index contributed by atoms with van der Waals surface area (Å²) >= 11 is 0. The lowest BCUT2D eigenvalue weighted by molar-refractivity contribution is 0.0602. The number of benzene rings is 2. The van der Waals surface area contributed by atoms with E-state index in [9.17, 15) is 4.79 Å². The molecule has 0 radical (unpaired) electrons. The number of aromatic amines is 1. The molecule has 190 valence electrons. The Bertz CT molecular complexity index is 1410. The molecule has 5 heterocycles. The number of hydrogen-bond donors (Lipinski definition) is 1. The quantitative estimate of drug-likeness (QED) is 0.557. The first-order valence-electron chi connectivity index (χ1n) is 14.2. The van der Waals surface area contributed by atoms with Crippen molar-refractivity contribution in [3.63, 3.8) is 0 Å². The topological polar surface area (TPSA) is 60.9 Å². The van der Waals surface area contributed by atoms with Gasteiger partial charge in [-0.15, -0.1) is 0 Å². The van der Waals surface area contributed by atoms with Crippen LogP contribution in [0.5, 0.6) is 0 Å². The van der Waals surface area contributed by atoms with Crippen molar-refractivity contribution < 1.29 is 9.53 Å². The summed E-state index contributed by atoms with van der Waals surface area (Å²) in [5, 5.41) is 1.04. The smallest absolute Gasteiger partial charge is 0.195 e. The van der Waals surface area contributed by atoms with Crippen LogP contribution in [0.4, 0.5) is 5.69 Å². The maximum Gasteiger partial charge on any atom is 0.195 e. The number of nitrogens with zero attached hydrogens (tertiary/aromatic N) is 3. The Morgan fingerprint density at radius 1 is 0.973 bits per heavy atom. The van der Waals surface area contributed by atoms with Gasteiger partial charge in [0.25, 0.3) is 0 Å². The maximum absolute atomic E-state index is 14.0. The zero-order valence-corrected chi connectivity index (χ0v) is 21.3. The number of nitrogens with one attached hydrogen (secondary N) is 1. The van der Waals surface area contributed by atoms with E-state index in [1.54, 1.807) is 0 Å². The second-order valence-corrected chi connectivity index (χ2v) is 11.6. The van der Waals surface area contributed by atoms with E-state index < -0.39 is 0 Å². The van der Waals surface area contributed by atoms with Crippen molar-refractivity contribution in [1.82, 2.24) is 9.88 Å². The minimum Gasteiger partial charge on any atom is -0.381 e. The molecule has 1 spiro atoms. The van der Waals surface area contributed by atoms with Crippen molar-refractivity contribution in [2.24, 2.45) is 4.99 Å². The summed E-state index contributed by atoms with van der Waals surface area (Å²) in [5.74, 6) is 0.156. The van der Waals surface area contributed by atoms with Gasteiger partial charge in [0, 0.05) is 71.8 Å². The molecule has 1 aliphatic carbocycles. The van der Waals surface area contributed by atoms with Crippen LogP contribution >= 0.6 is 0 Å². The Labute approximate surface area is 217 Å². The van der Waals surface area contributed by atoms with E-state index in [1.807, 2.05) is 6.21 Å². The first-order chi connectivity index (χ1) is 18.2. The summed E-state index contributed by atoms with van der Waals surface area (Å²) in [6.07, 6.45) is 8.94. The predicted octanol–water partition coefficient (Wildman–Crippen LogP) is 5.00. The molecule has 8 rings (SSSR count). The maximum atomic E-state index is 14.0. The molecular formula is C31H34N4O2. The van der Waals surface area contributed by atoms with Crippen molar-refractivity contribution in [1.29, 1.82) is 0 Å². The van der Waals surface area contributed by atoms with E-state index in [2.05, 4.69) is 56.2 Å². The summed E-state index contributed by atoms with van der Waals surface area (Å²) in [6, 6.07) is 14.0. The van der Waals surface area contributed by atoms with Crippen LogP contribution in [0.1, 0.15) is 77.3 Å². The number of carbonyl (C=O) groups is 1. The van der Waals surface area contributed by atoms with Crippen LogP contribution in [0.15, 0.2) is 41.4 Å². The van der Waals surface area contributed by atoms with Gasteiger partial charge in [-0.2, -0.15) is 0 Å². The molecule has 3 aromatic rings. The van der Waals surface area contributed by atoms with E-state index in [4.69, 9.17) is 4.74 Å². The Balaban J connectivity index is 1.18. The first-order valence-corrected chi connectivity index (χ1v) is 14.2. The number of aromatic nitrogens is 1. The van der Waals surface area contributed by atoms with Gasteiger partial charge >= 0.3 is 0 Å². The van der Waals surface area contributed by atoms with Gasteiger partial charge in [-0.1, -0.05) is 12.1 Å². The number of likely N-dealkylation sites (tertiary alicyclic amines) is 1. The molecule has 3 saturated heterocycles. The van der Waals surface area contributed by atoms with Gasteiger partial charge in [0.15, 0.2) is 5.78 Å². The average molecular weight is 495 g/mol. The fourth-order valence-corrected chi connectivity index (χ4v) is 7.64. The number of rotatable bonds is 3. The van der Waals surface area contributed by atoms with Crippen molar-refractivity contribution >= 4 is 28.6 Å². The number of carbonyl (C=O) groups excluding carboxylic acids is 1. The van der Waals surface area contributed by atoms with Crippen molar-refractivity contribution in [2.45, 2.75) is 56.0 Å². The van der Waals surface area contributed by atoms with Crippen LogP contribution < -0.4 is 4.90 Å². The Morgan fingerprint density at radius 3 is 2.51 bits per heavy atom. The van der Waals surface area contributed by atoms with E-state index >= 15 is 0 Å². The second kappa shape index (κ2) is 8.27. The Morgan fingerprint density at radius 2 is 1.76 bits per heavy atom. The molecule has 6 nitrogen and oxygen atoms in total. The van der Waals surface area contributed by atoms with Crippen molar-refractivity contribution in [3.05, 3.63) is 64.3 Å². The highest BCUT2D eigenvalue weighted by molar-refractivity contribution is 6.20. The molecule has 3 fully saturated rings. The number of ketones is 1. The van der Waals surface area contributed by atoms with Gasteiger partial charge in [0.05, 0.1) is 5.56 Å². The SMILES string of the molecule is O=C1c2ccc(N3CCC(N4CCCC4)CC3)cc2C2(CCOCC2)c2[nH]c3cc(C4C=N4)ccc3c21. The summed E-state index contributed by atoms with van der Waals surface area (Å²) in [6.45, 7) is 6.17. The molecule has 0 bridgehead atoms. The van der Waals surface area contributed by atoms with Crippen LogP contribution in [0.2, 0.25) is 0 Å². The molecule has 1 atom stereocenters. The van der Waals surface area contributed by atoms with E-state index in [0.29, 0.717) is 0 Å². The largest absolute Gasteiger partial charge is 0.381 e. The second-order valence-electron chi connectivity index (χ2n) is 11.6. The molecule has 1 N–H and O–H groups in total. The number of piperidine rings is 1. The molecule has 5 aliphatic rings. The van der Waals surface area contributed by atoms with Crippen molar-refractivity contribution in [3.8, 4) is 0 Å². The minimum atomic E-state index is -0.212. The third-order valence-electron chi connectivity index (χ3n) is 9.76. The van der Waals surface area contributed by atoms with Crippen LogP contribution in [0, 0.1) is 0 Å². The lowest BCUT2D eigenvalue weighted by Gasteiger charge is -2.42. The monoisotopic (exact) mass is 494 g/mol. The van der Waals surface area contributed by atoms with Gasteiger partial charge in [-0.25, -0.2) is 0 Å². The predicted molar refractivity (Wildman–Crippen MR) is 146 cm³/mol. The van der Waals surface area contributed by atoms with Gasteiger partial charge in [-0.3, -0.25) is 9.79 Å². The van der Waals surface area contributed by atoms with E-state index in [0.717, 1.165) is 72.9 Å². The van der Waals surface area contributed by atoms with Gasteiger partial charge in [0.1, 0.15) is 6.04 Å².